The lowest BCUT2D eigenvalue weighted by Crippen LogP contribution is -2.57. The third-order valence-electron chi connectivity index (χ3n) is 3.26. The van der Waals surface area contributed by atoms with E-state index in [9.17, 15) is 28.2 Å². The minimum Gasteiger partial charge on any atom is -0.393 e. The van der Waals surface area contributed by atoms with E-state index >= 15 is 0 Å². The molecule has 1 fully saturated rings. The van der Waals surface area contributed by atoms with Gasteiger partial charge in [-0.05, 0) is 6.07 Å². The molecule has 0 radical (unpaired) electrons. The Labute approximate surface area is 120 Å². The molecule has 1 aliphatic rings. The van der Waals surface area contributed by atoms with Gasteiger partial charge in [-0.15, -0.1) is 0 Å². The van der Waals surface area contributed by atoms with Crippen molar-refractivity contribution in [2.45, 2.75) is 30.2 Å². The average Bonchev–Trinajstić information content (AvgIpc) is 2.63. The highest BCUT2D eigenvalue weighted by Gasteiger charge is 2.68. The molecule has 0 saturated carbocycles. The van der Waals surface area contributed by atoms with E-state index in [4.69, 9.17) is 5.11 Å². The normalized spacial score (nSPS) is 33.3. The van der Waals surface area contributed by atoms with Gasteiger partial charge >= 0.3 is 11.9 Å². The van der Waals surface area contributed by atoms with Crippen LogP contribution in [0.2, 0.25) is 0 Å². The molecule has 0 unspecified atom stereocenters. The van der Waals surface area contributed by atoms with Crippen molar-refractivity contribution in [2.75, 3.05) is 6.61 Å². The van der Waals surface area contributed by atoms with Crippen molar-refractivity contribution in [3.63, 3.8) is 0 Å². The maximum Gasteiger partial charge on any atom is 0.422 e. The van der Waals surface area contributed by atoms with Gasteiger partial charge in [0, 0.05) is 6.20 Å². The number of ether oxygens (including phenoxy) is 1. The first-order valence-corrected chi connectivity index (χ1v) is 6.08. The number of nitrogens with zero attached hydrogens (tertiary/aromatic N) is 1. The Balaban J connectivity index is 2.49. The molecule has 1 aromatic heterocycles. The van der Waals surface area contributed by atoms with Crippen LogP contribution in [0.15, 0.2) is 17.1 Å². The minimum atomic E-state index is -5.15. The third kappa shape index (κ3) is 2.40. The van der Waals surface area contributed by atoms with Gasteiger partial charge in [0.25, 0.3) is 0 Å². The first-order chi connectivity index (χ1) is 9.64. The van der Waals surface area contributed by atoms with Gasteiger partial charge in [-0.2, -0.15) is 13.2 Å². The lowest BCUT2D eigenvalue weighted by Gasteiger charge is -2.31. The number of aliphatic hydroxyl groups excluding tert-OH is 3. The van der Waals surface area contributed by atoms with Gasteiger partial charge in [0.05, 0.1) is 6.61 Å². The van der Waals surface area contributed by atoms with Crippen LogP contribution in [0.4, 0.5) is 13.2 Å². The molecule has 2 rings (SSSR count). The van der Waals surface area contributed by atoms with Gasteiger partial charge in [0.2, 0.25) is 5.60 Å². The van der Waals surface area contributed by atoms with E-state index in [1.54, 1.807) is 0 Å². The molecule has 4 N–H and O–H groups in total. The highest BCUT2D eigenvalue weighted by atomic mass is 32.1. The molecule has 0 amide bonds. The summed E-state index contributed by atoms with van der Waals surface area (Å²) in [6, 6.07) is 1.20. The van der Waals surface area contributed by atoms with Gasteiger partial charge in [-0.1, -0.05) is 12.2 Å². The van der Waals surface area contributed by atoms with Gasteiger partial charge in [0.15, 0.2) is 6.23 Å². The zero-order valence-electron chi connectivity index (χ0n) is 10.2. The first-order valence-electron chi connectivity index (χ1n) is 5.67. The second-order valence-electron chi connectivity index (χ2n) is 4.51. The third-order valence-corrected chi connectivity index (χ3v) is 3.50. The van der Waals surface area contributed by atoms with Gasteiger partial charge < -0.3 is 20.1 Å². The molecular formula is C10H11F3N2O5S. The van der Waals surface area contributed by atoms with Crippen molar-refractivity contribution < 1.29 is 33.2 Å². The molecule has 4 atom stereocenters. The van der Waals surface area contributed by atoms with Crippen LogP contribution in [0.3, 0.4) is 0 Å². The van der Waals surface area contributed by atoms with E-state index in [0.717, 1.165) is 6.20 Å². The van der Waals surface area contributed by atoms with Gasteiger partial charge in [-0.3, -0.25) is 9.55 Å². The smallest absolute Gasteiger partial charge is 0.393 e. The van der Waals surface area contributed by atoms with E-state index in [2.05, 4.69) is 21.9 Å². The number of alkyl halides is 3. The molecule has 7 nitrogen and oxygen atoms in total. The molecule has 1 aromatic rings. The van der Waals surface area contributed by atoms with Crippen LogP contribution >= 0.6 is 12.2 Å². The Morgan fingerprint density at radius 2 is 2.10 bits per heavy atom. The minimum absolute atomic E-state index is 0.0357. The van der Waals surface area contributed by atoms with Crippen molar-refractivity contribution in [3.05, 3.63) is 27.4 Å². The lowest BCUT2D eigenvalue weighted by molar-refractivity contribution is -0.306. The van der Waals surface area contributed by atoms with Crippen molar-refractivity contribution in [2.24, 2.45) is 0 Å². The number of nitrogens with one attached hydrogen (secondary N) is 1. The molecule has 118 valence electrons. The standard InChI is InChI=1S/C10H11F3N2O5S/c11-10(12,13)9(3-16)6(18)5(17)7(20-9)15-2-1-4(21)14-8(15)19/h1-2,5-7,16-18H,3H2,(H,14,19,21)/t5-,6+,7-,9-/m1/s1. The summed E-state index contributed by atoms with van der Waals surface area (Å²) in [7, 11) is 0. The molecule has 0 bridgehead atoms. The largest absolute Gasteiger partial charge is 0.422 e. The Morgan fingerprint density at radius 1 is 1.48 bits per heavy atom. The summed E-state index contributed by atoms with van der Waals surface area (Å²) in [5.74, 6) is 0. The van der Waals surface area contributed by atoms with Crippen LogP contribution < -0.4 is 5.69 Å². The van der Waals surface area contributed by atoms with Crippen LogP contribution in [0.5, 0.6) is 0 Å². The summed E-state index contributed by atoms with van der Waals surface area (Å²) in [5, 5.41) is 28.4. The summed E-state index contributed by atoms with van der Waals surface area (Å²) in [6.45, 7) is -1.61. The van der Waals surface area contributed by atoms with Crippen LogP contribution in [-0.4, -0.2) is 55.5 Å². The molecule has 0 spiro atoms. The number of aromatic nitrogens is 2. The van der Waals surface area contributed by atoms with E-state index in [1.807, 2.05) is 0 Å². The monoisotopic (exact) mass is 328 g/mol. The van der Waals surface area contributed by atoms with Crippen molar-refractivity contribution >= 4 is 12.2 Å². The molecule has 0 aromatic carbocycles. The number of rotatable bonds is 2. The second kappa shape index (κ2) is 5.18. The number of hydrogen-bond acceptors (Lipinski definition) is 6. The fourth-order valence-electron chi connectivity index (χ4n) is 2.09. The number of aromatic amines is 1. The van der Waals surface area contributed by atoms with Crippen molar-refractivity contribution in [1.29, 1.82) is 0 Å². The number of aliphatic hydroxyl groups is 3. The molecular weight excluding hydrogens is 317 g/mol. The average molecular weight is 328 g/mol. The number of H-pyrrole nitrogens is 1. The molecule has 1 aliphatic heterocycles. The predicted molar refractivity (Wildman–Crippen MR) is 63.9 cm³/mol. The lowest BCUT2D eigenvalue weighted by atomic mass is 9.95. The van der Waals surface area contributed by atoms with Crippen molar-refractivity contribution in [1.82, 2.24) is 9.55 Å². The molecule has 0 aliphatic carbocycles. The van der Waals surface area contributed by atoms with E-state index in [-0.39, 0.29) is 4.64 Å². The van der Waals surface area contributed by atoms with Crippen LogP contribution in [0.25, 0.3) is 0 Å². The topological polar surface area (TPSA) is 108 Å². The SMILES string of the molecule is O=c1[nH]c(=S)ccn1[C@@H]1O[C@@](CO)(C(F)(F)F)[C@@H](O)[C@H]1O. The molecule has 2 heterocycles. The van der Waals surface area contributed by atoms with Gasteiger partial charge in [-0.25, -0.2) is 4.79 Å². The Hall–Kier alpha value is -1.27. The van der Waals surface area contributed by atoms with Crippen LogP contribution in [-0.2, 0) is 4.74 Å². The predicted octanol–water partition coefficient (Wildman–Crippen LogP) is -0.550. The quantitative estimate of drug-likeness (QED) is 0.543. The van der Waals surface area contributed by atoms with Gasteiger partial charge in [0.1, 0.15) is 16.8 Å². The van der Waals surface area contributed by atoms with E-state index in [0.29, 0.717) is 4.57 Å². The van der Waals surface area contributed by atoms with Crippen molar-refractivity contribution in [3.8, 4) is 0 Å². The van der Waals surface area contributed by atoms with Crippen LogP contribution in [0.1, 0.15) is 6.23 Å². The molecule has 1 saturated heterocycles. The number of hydrogen-bond donors (Lipinski definition) is 4. The summed E-state index contributed by atoms with van der Waals surface area (Å²) in [4.78, 5) is 13.8. The Bertz CT molecular complexity index is 645. The summed E-state index contributed by atoms with van der Waals surface area (Å²) >= 11 is 4.67. The summed E-state index contributed by atoms with van der Waals surface area (Å²) in [5.41, 5.74) is -4.29. The summed E-state index contributed by atoms with van der Waals surface area (Å²) in [6.07, 6.45) is -10.5. The highest BCUT2D eigenvalue weighted by Crippen LogP contribution is 2.46. The van der Waals surface area contributed by atoms with E-state index in [1.165, 1.54) is 6.07 Å². The molecule has 21 heavy (non-hydrogen) atoms. The Morgan fingerprint density at radius 3 is 2.52 bits per heavy atom. The maximum absolute atomic E-state index is 13.0. The Kier molecular flexibility index (Phi) is 3.97. The number of halogens is 3. The zero-order chi connectivity index (χ0) is 16.0. The maximum atomic E-state index is 13.0. The molecule has 11 heteroatoms. The fraction of sp³-hybridized carbons (Fsp3) is 0.600. The first kappa shape index (κ1) is 16.1. The second-order valence-corrected chi connectivity index (χ2v) is 4.95. The van der Waals surface area contributed by atoms with E-state index < -0.39 is 42.5 Å². The summed E-state index contributed by atoms with van der Waals surface area (Å²) < 4.78 is 44.4. The zero-order valence-corrected chi connectivity index (χ0v) is 11.1. The fourth-order valence-corrected chi connectivity index (χ4v) is 2.24. The van der Waals surface area contributed by atoms with Crippen LogP contribution in [0, 0.1) is 4.64 Å². The highest BCUT2D eigenvalue weighted by molar-refractivity contribution is 7.71.